The number of nitrogens with zero attached hydrogens (tertiary/aromatic N) is 1. The topological polar surface area (TPSA) is 24.9 Å². The van der Waals surface area contributed by atoms with Gasteiger partial charge in [-0.2, -0.15) is 0 Å². The fraction of sp³-hybridized carbons (Fsp3) is 0.471. The molecule has 2 nitrogen and oxygen atoms in total. The Labute approximate surface area is 125 Å². The van der Waals surface area contributed by atoms with E-state index in [1.54, 1.807) is 0 Å². The van der Waals surface area contributed by atoms with Crippen molar-refractivity contribution in [3.8, 4) is 0 Å². The van der Waals surface area contributed by atoms with Gasteiger partial charge in [-0.3, -0.25) is 4.98 Å². The molecule has 2 atom stereocenters. The molecule has 0 spiro atoms. The van der Waals surface area contributed by atoms with Gasteiger partial charge in [0.25, 0.3) is 0 Å². The molecule has 2 aromatic rings. The fourth-order valence-corrected chi connectivity index (χ4v) is 4.38. The maximum absolute atomic E-state index is 4.71. The molecule has 0 saturated carbocycles. The highest BCUT2D eigenvalue weighted by molar-refractivity contribution is 7.10. The molecular formula is C17H22N2S. The zero-order valence-corrected chi connectivity index (χ0v) is 13.0. The van der Waals surface area contributed by atoms with Crippen molar-refractivity contribution >= 4 is 11.3 Å². The van der Waals surface area contributed by atoms with Crippen molar-refractivity contribution < 1.29 is 0 Å². The first-order chi connectivity index (χ1) is 9.81. The molecule has 0 aromatic carbocycles. The van der Waals surface area contributed by atoms with Crippen LogP contribution >= 0.6 is 11.3 Å². The third-order valence-electron chi connectivity index (χ3n) is 4.25. The molecule has 2 heterocycles. The summed E-state index contributed by atoms with van der Waals surface area (Å²) in [6, 6.07) is 6.96. The summed E-state index contributed by atoms with van der Waals surface area (Å²) in [7, 11) is 0. The van der Waals surface area contributed by atoms with Crippen LogP contribution in [0.3, 0.4) is 0 Å². The van der Waals surface area contributed by atoms with Crippen LogP contribution in [-0.4, -0.2) is 11.5 Å². The van der Waals surface area contributed by atoms with Gasteiger partial charge in [-0.05, 0) is 61.4 Å². The predicted octanol–water partition coefficient (Wildman–Crippen LogP) is 4.22. The Bertz CT molecular complexity index is 576. The highest BCUT2D eigenvalue weighted by atomic mass is 32.1. The van der Waals surface area contributed by atoms with Gasteiger partial charge in [-0.1, -0.05) is 13.0 Å². The second-order valence-electron chi connectivity index (χ2n) is 5.55. The number of aryl methyl sites for hydroxylation is 2. The van der Waals surface area contributed by atoms with E-state index >= 15 is 0 Å². The van der Waals surface area contributed by atoms with Crippen LogP contribution in [0.25, 0.3) is 0 Å². The van der Waals surface area contributed by atoms with Crippen LogP contribution in [0.5, 0.6) is 0 Å². The van der Waals surface area contributed by atoms with Crippen LogP contribution in [0.4, 0.5) is 0 Å². The molecule has 0 radical (unpaired) electrons. The van der Waals surface area contributed by atoms with Gasteiger partial charge >= 0.3 is 0 Å². The predicted molar refractivity (Wildman–Crippen MR) is 85.4 cm³/mol. The van der Waals surface area contributed by atoms with Crippen molar-refractivity contribution in [2.24, 2.45) is 0 Å². The molecule has 106 valence electrons. The Kier molecular flexibility index (Phi) is 4.18. The molecule has 0 bridgehead atoms. The maximum atomic E-state index is 4.71. The van der Waals surface area contributed by atoms with Crippen LogP contribution in [0.2, 0.25) is 0 Å². The molecule has 1 aliphatic carbocycles. The molecule has 3 heteroatoms. The lowest BCUT2D eigenvalue weighted by Gasteiger charge is -2.32. The van der Waals surface area contributed by atoms with Gasteiger partial charge in [0.15, 0.2) is 0 Å². The van der Waals surface area contributed by atoms with E-state index in [-0.39, 0.29) is 0 Å². The molecule has 0 saturated heterocycles. The smallest absolute Gasteiger partial charge is 0.0502 e. The van der Waals surface area contributed by atoms with Crippen molar-refractivity contribution in [2.45, 2.75) is 45.1 Å². The summed E-state index contributed by atoms with van der Waals surface area (Å²) in [6.45, 7) is 5.41. The Balaban J connectivity index is 1.99. The first-order valence-corrected chi connectivity index (χ1v) is 8.40. The van der Waals surface area contributed by atoms with Crippen LogP contribution in [0, 0.1) is 6.92 Å². The van der Waals surface area contributed by atoms with Crippen molar-refractivity contribution in [1.82, 2.24) is 10.3 Å². The third-order valence-corrected chi connectivity index (χ3v) is 5.35. The monoisotopic (exact) mass is 286 g/mol. The van der Waals surface area contributed by atoms with E-state index in [4.69, 9.17) is 4.98 Å². The number of pyridine rings is 1. The van der Waals surface area contributed by atoms with Crippen molar-refractivity contribution in [1.29, 1.82) is 0 Å². The van der Waals surface area contributed by atoms with E-state index in [2.05, 4.69) is 42.7 Å². The van der Waals surface area contributed by atoms with Gasteiger partial charge in [-0.25, -0.2) is 0 Å². The Morgan fingerprint density at radius 3 is 3.10 bits per heavy atom. The zero-order chi connectivity index (χ0) is 13.9. The second kappa shape index (κ2) is 6.06. The minimum Gasteiger partial charge on any atom is -0.309 e. The summed E-state index contributed by atoms with van der Waals surface area (Å²) in [5.41, 5.74) is 4.17. The van der Waals surface area contributed by atoms with Crippen molar-refractivity contribution in [3.63, 3.8) is 0 Å². The normalized spacial score (nSPS) is 19.6. The molecule has 0 fully saturated rings. The van der Waals surface area contributed by atoms with E-state index in [0.717, 1.165) is 6.54 Å². The molecule has 20 heavy (non-hydrogen) atoms. The Morgan fingerprint density at radius 1 is 1.45 bits per heavy atom. The maximum Gasteiger partial charge on any atom is 0.0502 e. The summed E-state index contributed by atoms with van der Waals surface area (Å²) in [5.74, 6) is 0.511. The lowest BCUT2D eigenvalue weighted by atomic mass is 9.81. The highest BCUT2D eigenvalue weighted by Crippen LogP contribution is 2.41. The average molecular weight is 286 g/mol. The highest BCUT2D eigenvalue weighted by Gasteiger charge is 2.30. The van der Waals surface area contributed by atoms with Gasteiger partial charge in [0, 0.05) is 22.7 Å². The Morgan fingerprint density at radius 2 is 2.35 bits per heavy atom. The van der Waals surface area contributed by atoms with Gasteiger partial charge in [-0.15, -0.1) is 11.3 Å². The van der Waals surface area contributed by atoms with E-state index in [1.807, 2.05) is 17.5 Å². The summed E-state index contributed by atoms with van der Waals surface area (Å²) in [5, 5.41) is 5.91. The Hall–Kier alpha value is -1.19. The van der Waals surface area contributed by atoms with Crippen molar-refractivity contribution in [3.05, 3.63) is 51.5 Å². The number of hydrogen-bond donors (Lipinski definition) is 1. The number of hydrogen-bond acceptors (Lipinski definition) is 3. The number of nitrogens with one attached hydrogen (secondary N) is 1. The standard InChI is InChI=1S/C17H22N2S/c1-3-18-16(17-12(2)9-11-20-17)14-8-4-6-13-7-5-10-19-15(13)14/h5,7,9-11,14,16,18H,3-4,6,8H2,1-2H3. The third kappa shape index (κ3) is 2.52. The SMILES string of the molecule is CCNC(c1sccc1C)C1CCCc2cccnc21. The molecule has 1 N–H and O–H groups in total. The van der Waals surface area contributed by atoms with Crippen LogP contribution < -0.4 is 5.32 Å². The number of aromatic nitrogens is 1. The van der Waals surface area contributed by atoms with Crippen molar-refractivity contribution in [2.75, 3.05) is 6.54 Å². The second-order valence-corrected chi connectivity index (χ2v) is 6.50. The summed E-state index contributed by atoms with van der Waals surface area (Å²) in [6.07, 6.45) is 5.64. The van der Waals surface area contributed by atoms with Gasteiger partial charge in [0.2, 0.25) is 0 Å². The van der Waals surface area contributed by atoms with Crippen LogP contribution in [0.1, 0.15) is 53.4 Å². The number of likely N-dealkylation sites (N-methyl/N-ethyl adjacent to an activating group) is 1. The van der Waals surface area contributed by atoms with E-state index in [0.29, 0.717) is 12.0 Å². The average Bonchev–Trinajstić information content (AvgIpc) is 2.90. The van der Waals surface area contributed by atoms with E-state index in [9.17, 15) is 0 Å². The first kappa shape index (κ1) is 13.8. The van der Waals surface area contributed by atoms with Gasteiger partial charge < -0.3 is 5.32 Å². The lowest BCUT2D eigenvalue weighted by molar-refractivity contribution is 0.404. The first-order valence-electron chi connectivity index (χ1n) is 7.52. The van der Waals surface area contributed by atoms with Crippen LogP contribution in [0.15, 0.2) is 29.8 Å². The molecule has 3 rings (SSSR count). The largest absolute Gasteiger partial charge is 0.309 e. The minimum atomic E-state index is 0.411. The van der Waals surface area contributed by atoms with E-state index < -0.39 is 0 Å². The molecule has 0 amide bonds. The molecule has 2 aromatic heterocycles. The molecule has 2 unspecified atom stereocenters. The lowest BCUT2D eigenvalue weighted by Crippen LogP contribution is -2.29. The zero-order valence-electron chi connectivity index (χ0n) is 12.2. The fourth-order valence-electron chi connectivity index (χ4n) is 3.31. The molecule has 1 aliphatic rings. The summed E-state index contributed by atoms with van der Waals surface area (Å²) in [4.78, 5) is 6.19. The molecular weight excluding hydrogens is 264 g/mol. The number of fused-ring (bicyclic) bond motifs is 1. The summed E-state index contributed by atoms with van der Waals surface area (Å²) >= 11 is 1.88. The minimum absolute atomic E-state index is 0.411. The number of thiophene rings is 1. The van der Waals surface area contributed by atoms with Gasteiger partial charge in [0.05, 0.1) is 6.04 Å². The summed E-state index contributed by atoms with van der Waals surface area (Å²) < 4.78 is 0. The van der Waals surface area contributed by atoms with E-state index in [1.165, 1.54) is 41.0 Å². The van der Waals surface area contributed by atoms with Gasteiger partial charge in [0.1, 0.15) is 0 Å². The quantitative estimate of drug-likeness (QED) is 0.910. The molecule has 0 aliphatic heterocycles. The van der Waals surface area contributed by atoms with Crippen LogP contribution in [-0.2, 0) is 6.42 Å². The number of rotatable bonds is 4.